The van der Waals surface area contributed by atoms with Gasteiger partial charge in [-0.2, -0.15) is 0 Å². The normalized spacial score (nSPS) is 10.5. The van der Waals surface area contributed by atoms with Gasteiger partial charge < -0.3 is 15.5 Å². The lowest BCUT2D eigenvalue weighted by molar-refractivity contribution is -0.127. The molecule has 0 aliphatic heterocycles. The lowest BCUT2D eigenvalue weighted by atomic mass is 10.1. The minimum atomic E-state index is -0.297. The second-order valence-electron chi connectivity index (χ2n) is 7.26. The van der Waals surface area contributed by atoms with E-state index in [1.54, 1.807) is 31.5 Å². The third-order valence-electron chi connectivity index (χ3n) is 4.62. The van der Waals surface area contributed by atoms with Crippen LogP contribution in [0.15, 0.2) is 53.9 Å². The number of nitrogens with one attached hydrogen (secondary N) is 2. The maximum Gasteiger partial charge on any atom is 0.319 e. The monoisotopic (exact) mass is 422 g/mol. The Hall–Kier alpha value is -3.19. The third-order valence-corrected chi connectivity index (χ3v) is 5.56. The van der Waals surface area contributed by atoms with E-state index in [9.17, 15) is 9.59 Å². The summed E-state index contributed by atoms with van der Waals surface area (Å²) >= 11 is 1.60. The molecule has 0 bridgehead atoms. The Morgan fingerprint density at radius 3 is 2.53 bits per heavy atom. The van der Waals surface area contributed by atoms with Crippen LogP contribution in [-0.4, -0.2) is 42.5 Å². The maximum atomic E-state index is 12.3. The van der Waals surface area contributed by atoms with E-state index in [0.29, 0.717) is 18.7 Å². The van der Waals surface area contributed by atoms with Gasteiger partial charge in [-0.05, 0) is 18.6 Å². The standard InChI is InChI=1S/C23H26N4O2S/c1-16-8-10-17(11-9-16)22-25-19(15-30-22)12-13-24-23(29)26-20-7-5-4-6-18(20)14-21(28)27(2)3/h4-11,15H,12-14H2,1-3H3,(H2,24,26,29). The minimum absolute atomic E-state index is 0.0161. The van der Waals surface area contributed by atoms with Gasteiger partial charge in [0, 0.05) is 43.7 Å². The molecule has 2 aromatic carbocycles. The van der Waals surface area contributed by atoms with Gasteiger partial charge in [-0.3, -0.25) is 4.79 Å². The number of benzene rings is 2. The van der Waals surface area contributed by atoms with E-state index in [4.69, 9.17) is 0 Å². The van der Waals surface area contributed by atoms with Crippen molar-refractivity contribution in [1.29, 1.82) is 0 Å². The zero-order valence-electron chi connectivity index (χ0n) is 17.4. The Morgan fingerprint density at radius 1 is 1.07 bits per heavy atom. The van der Waals surface area contributed by atoms with Gasteiger partial charge in [0.2, 0.25) is 5.91 Å². The average Bonchev–Trinajstić information content (AvgIpc) is 3.18. The maximum absolute atomic E-state index is 12.3. The number of hydrogen-bond acceptors (Lipinski definition) is 4. The minimum Gasteiger partial charge on any atom is -0.349 e. The highest BCUT2D eigenvalue weighted by Crippen LogP contribution is 2.24. The Labute approximate surface area is 181 Å². The van der Waals surface area contributed by atoms with Gasteiger partial charge in [-0.1, -0.05) is 48.0 Å². The van der Waals surface area contributed by atoms with Gasteiger partial charge in [0.25, 0.3) is 0 Å². The van der Waals surface area contributed by atoms with Gasteiger partial charge in [0.15, 0.2) is 0 Å². The molecule has 2 N–H and O–H groups in total. The van der Waals surface area contributed by atoms with E-state index in [-0.39, 0.29) is 18.4 Å². The van der Waals surface area contributed by atoms with Crippen molar-refractivity contribution in [3.05, 3.63) is 70.7 Å². The van der Waals surface area contributed by atoms with Crippen LogP contribution in [0.3, 0.4) is 0 Å². The smallest absolute Gasteiger partial charge is 0.319 e. The molecular weight excluding hydrogens is 396 g/mol. The van der Waals surface area contributed by atoms with Crippen LogP contribution in [0.5, 0.6) is 0 Å². The van der Waals surface area contributed by atoms with Crippen molar-refractivity contribution >= 4 is 29.0 Å². The number of carbonyl (C=O) groups is 2. The second kappa shape index (κ2) is 10.0. The number of thiazole rings is 1. The molecule has 1 heterocycles. The van der Waals surface area contributed by atoms with Crippen LogP contribution in [0.1, 0.15) is 16.8 Å². The number of hydrogen-bond donors (Lipinski definition) is 2. The molecule has 0 aliphatic carbocycles. The Kier molecular flexibility index (Phi) is 7.19. The topological polar surface area (TPSA) is 74.3 Å². The molecule has 0 unspecified atom stereocenters. The van der Waals surface area contributed by atoms with Crippen molar-refractivity contribution < 1.29 is 9.59 Å². The van der Waals surface area contributed by atoms with Crippen LogP contribution < -0.4 is 10.6 Å². The van der Waals surface area contributed by atoms with E-state index < -0.39 is 0 Å². The molecule has 30 heavy (non-hydrogen) atoms. The fourth-order valence-corrected chi connectivity index (χ4v) is 3.70. The number of amides is 3. The molecule has 3 aromatic rings. The van der Waals surface area contributed by atoms with E-state index in [1.165, 1.54) is 10.5 Å². The average molecular weight is 423 g/mol. The van der Waals surface area contributed by atoms with Crippen LogP contribution in [0.2, 0.25) is 0 Å². The first-order valence-electron chi connectivity index (χ1n) is 9.76. The molecule has 0 spiro atoms. The number of rotatable bonds is 7. The van der Waals surface area contributed by atoms with E-state index >= 15 is 0 Å². The molecule has 156 valence electrons. The van der Waals surface area contributed by atoms with Crippen molar-refractivity contribution in [1.82, 2.24) is 15.2 Å². The van der Waals surface area contributed by atoms with Crippen molar-refractivity contribution in [3.63, 3.8) is 0 Å². The van der Waals surface area contributed by atoms with E-state index in [0.717, 1.165) is 21.8 Å². The summed E-state index contributed by atoms with van der Waals surface area (Å²) in [7, 11) is 3.43. The molecule has 3 rings (SSSR count). The van der Waals surface area contributed by atoms with E-state index in [2.05, 4.69) is 46.8 Å². The molecule has 1 aromatic heterocycles. The summed E-state index contributed by atoms with van der Waals surface area (Å²) in [5.74, 6) is -0.0161. The van der Waals surface area contributed by atoms with Crippen LogP contribution in [0, 0.1) is 6.92 Å². The third kappa shape index (κ3) is 5.90. The number of aromatic nitrogens is 1. The molecule has 0 saturated carbocycles. The van der Waals surface area contributed by atoms with Crippen molar-refractivity contribution in [2.24, 2.45) is 0 Å². The van der Waals surface area contributed by atoms with Crippen LogP contribution in [0.25, 0.3) is 10.6 Å². The van der Waals surface area contributed by atoms with Gasteiger partial charge in [0.05, 0.1) is 12.1 Å². The number of carbonyl (C=O) groups excluding carboxylic acids is 2. The van der Waals surface area contributed by atoms with Crippen molar-refractivity contribution in [3.8, 4) is 10.6 Å². The molecule has 0 atom stereocenters. The Morgan fingerprint density at radius 2 is 1.80 bits per heavy atom. The summed E-state index contributed by atoms with van der Waals surface area (Å²) in [6.45, 7) is 2.54. The van der Waals surface area contributed by atoms with Crippen LogP contribution >= 0.6 is 11.3 Å². The predicted molar refractivity (Wildman–Crippen MR) is 122 cm³/mol. The lowest BCUT2D eigenvalue weighted by Gasteiger charge is -2.14. The summed E-state index contributed by atoms with van der Waals surface area (Å²) in [6, 6.07) is 15.3. The summed E-state index contributed by atoms with van der Waals surface area (Å²) in [6.07, 6.45) is 0.889. The van der Waals surface area contributed by atoms with Crippen molar-refractivity contribution in [2.45, 2.75) is 19.8 Å². The zero-order valence-corrected chi connectivity index (χ0v) is 18.3. The molecule has 0 fully saturated rings. The first-order chi connectivity index (χ1) is 14.4. The molecule has 6 nitrogen and oxygen atoms in total. The molecule has 7 heteroatoms. The zero-order chi connectivity index (χ0) is 21.5. The molecule has 0 radical (unpaired) electrons. The molecule has 3 amide bonds. The highest BCUT2D eigenvalue weighted by atomic mass is 32.1. The number of nitrogens with zero attached hydrogens (tertiary/aromatic N) is 2. The molecule has 0 aliphatic rings. The van der Waals surface area contributed by atoms with Crippen LogP contribution in [-0.2, 0) is 17.6 Å². The van der Waals surface area contributed by atoms with Gasteiger partial charge in [-0.25, -0.2) is 9.78 Å². The van der Waals surface area contributed by atoms with Crippen LogP contribution in [0.4, 0.5) is 10.5 Å². The SMILES string of the molecule is Cc1ccc(-c2nc(CCNC(=O)Nc3ccccc3CC(=O)N(C)C)cs2)cc1. The lowest BCUT2D eigenvalue weighted by Crippen LogP contribution is -2.31. The Bertz CT molecular complexity index is 1010. The van der Waals surface area contributed by atoms with Gasteiger partial charge >= 0.3 is 6.03 Å². The first kappa shape index (κ1) is 21.5. The highest BCUT2D eigenvalue weighted by molar-refractivity contribution is 7.13. The number of aryl methyl sites for hydroxylation is 1. The van der Waals surface area contributed by atoms with Crippen molar-refractivity contribution in [2.75, 3.05) is 26.0 Å². The summed E-state index contributed by atoms with van der Waals surface area (Å²) in [5.41, 5.74) is 4.70. The largest absolute Gasteiger partial charge is 0.349 e. The fourth-order valence-electron chi connectivity index (χ4n) is 2.84. The second-order valence-corrected chi connectivity index (χ2v) is 8.12. The predicted octanol–water partition coefficient (Wildman–Crippen LogP) is 4.11. The fraction of sp³-hybridized carbons (Fsp3) is 0.261. The Balaban J connectivity index is 1.51. The summed E-state index contributed by atoms with van der Waals surface area (Å²) in [4.78, 5) is 30.5. The summed E-state index contributed by atoms with van der Waals surface area (Å²) in [5, 5.41) is 8.70. The number of para-hydroxylation sites is 1. The summed E-state index contributed by atoms with van der Waals surface area (Å²) < 4.78 is 0. The first-order valence-corrected chi connectivity index (χ1v) is 10.6. The number of anilines is 1. The van der Waals surface area contributed by atoms with Gasteiger partial charge in [-0.15, -0.1) is 11.3 Å². The number of urea groups is 1. The molecular formula is C23H26N4O2S. The quantitative estimate of drug-likeness (QED) is 0.602. The van der Waals surface area contributed by atoms with Gasteiger partial charge in [0.1, 0.15) is 5.01 Å². The molecule has 0 saturated heterocycles. The van der Waals surface area contributed by atoms with E-state index in [1.807, 2.05) is 23.6 Å². The highest BCUT2D eigenvalue weighted by Gasteiger charge is 2.11. The number of likely N-dealkylation sites (N-methyl/N-ethyl adjacent to an activating group) is 1.